The number of carbonyl (C=O) groups is 1. The van der Waals surface area contributed by atoms with Gasteiger partial charge in [-0.3, -0.25) is 4.79 Å². The molecule has 0 bridgehead atoms. The Morgan fingerprint density at radius 3 is 2.28 bits per heavy atom. The van der Waals surface area contributed by atoms with Gasteiger partial charge in [0, 0.05) is 0 Å². The summed E-state index contributed by atoms with van der Waals surface area (Å²) in [7, 11) is 0. The fourth-order valence-corrected chi connectivity index (χ4v) is 1.30. The molecule has 0 heterocycles. The molecule has 1 aromatic carbocycles. The molecule has 0 radical (unpaired) electrons. The molecule has 1 rings (SSSR count). The highest BCUT2D eigenvalue weighted by atomic mass is 19.4. The molecule has 0 aliphatic rings. The summed E-state index contributed by atoms with van der Waals surface area (Å²) in [5.74, 6) is -2.30. The van der Waals surface area contributed by atoms with Gasteiger partial charge in [-0.15, -0.1) is 0 Å². The standard InChI is InChI=1S/C10H10F3NO4/c11-10(12,13)5-3-4(1-2-6(5)15)7(16)8(17)9(14)18/h1-3,7-8,15-17H,(H2,14,18). The van der Waals surface area contributed by atoms with Gasteiger partial charge in [-0.05, 0) is 17.7 Å². The van der Waals surface area contributed by atoms with E-state index in [0.29, 0.717) is 12.1 Å². The van der Waals surface area contributed by atoms with Crippen molar-refractivity contribution in [3.8, 4) is 5.75 Å². The summed E-state index contributed by atoms with van der Waals surface area (Å²) in [6.07, 6.45) is -8.75. The molecular formula is C10H10F3NO4. The first-order valence-electron chi connectivity index (χ1n) is 4.70. The minimum atomic E-state index is -4.82. The van der Waals surface area contributed by atoms with E-state index in [-0.39, 0.29) is 5.56 Å². The largest absolute Gasteiger partial charge is 0.507 e. The molecule has 2 unspecified atom stereocenters. The molecule has 2 atom stereocenters. The van der Waals surface area contributed by atoms with E-state index in [1.807, 2.05) is 0 Å². The molecule has 0 aromatic heterocycles. The summed E-state index contributed by atoms with van der Waals surface area (Å²) < 4.78 is 37.4. The van der Waals surface area contributed by atoms with Crippen LogP contribution in [0.5, 0.6) is 5.75 Å². The van der Waals surface area contributed by atoms with Gasteiger partial charge in [-0.2, -0.15) is 13.2 Å². The molecule has 0 spiro atoms. The molecule has 0 aliphatic carbocycles. The number of primary amides is 1. The Bertz CT molecular complexity index is 461. The molecule has 1 amide bonds. The number of amides is 1. The number of hydrogen-bond acceptors (Lipinski definition) is 4. The average Bonchev–Trinajstić information content (AvgIpc) is 2.26. The van der Waals surface area contributed by atoms with E-state index in [9.17, 15) is 23.1 Å². The molecule has 0 saturated heterocycles. The molecule has 0 fully saturated rings. The van der Waals surface area contributed by atoms with Gasteiger partial charge in [0.2, 0.25) is 5.91 Å². The van der Waals surface area contributed by atoms with Crippen molar-refractivity contribution in [1.29, 1.82) is 0 Å². The van der Waals surface area contributed by atoms with Crippen LogP contribution in [0.3, 0.4) is 0 Å². The Morgan fingerprint density at radius 1 is 1.28 bits per heavy atom. The van der Waals surface area contributed by atoms with Crippen molar-refractivity contribution in [3.05, 3.63) is 29.3 Å². The number of alkyl halides is 3. The summed E-state index contributed by atoms with van der Waals surface area (Å²) in [5, 5.41) is 27.6. The smallest absolute Gasteiger partial charge is 0.419 e. The molecule has 100 valence electrons. The number of halogens is 3. The zero-order chi connectivity index (χ0) is 14.1. The lowest BCUT2D eigenvalue weighted by molar-refractivity contribution is -0.138. The molecule has 1 aromatic rings. The molecular weight excluding hydrogens is 255 g/mol. The summed E-state index contributed by atoms with van der Waals surface area (Å²) in [4.78, 5) is 10.6. The summed E-state index contributed by atoms with van der Waals surface area (Å²) in [5.41, 5.74) is 2.95. The van der Waals surface area contributed by atoms with Gasteiger partial charge in [0.15, 0.2) is 6.10 Å². The van der Waals surface area contributed by atoms with Crippen LogP contribution in [0, 0.1) is 0 Å². The van der Waals surface area contributed by atoms with E-state index in [2.05, 4.69) is 0 Å². The number of aliphatic hydroxyl groups is 2. The fraction of sp³-hybridized carbons (Fsp3) is 0.300. The Hall–Kier alpha value is -1.80. The molecule has 5 N–H and O–H groups in total. The average molecular weight is 265 g/mol. The maximum atomic E-state index is 12.5. The summed E-state index contributed by atoms with van der Waals surface area (Å²) in [6.45, 7) is 0. The van der Waals surface area contributed by atoms with Crippen molar-refractivity contribution in [2.24, 2.45) is 5.73 Å². The number of hydrogen-bond donors (Lipinski definition) is 4. The zero-order valence-electron chi connectivity index (χ0n) is 8.85. The van der Waals surface area contributed by atoms with Gasteiger partial charge in [0.05, 0.1) is 5.56 Å². The van der Waals surface area contributed by atoms with Gasteiger partial charge in [-0.25, -0.2) is 0 Å². The van der Waals surface area contributed by atoms with E-state index in [4.69, 9.17) is 15.9 Å². The second-order valence-corrected chi connectivity index (χ2v) is 3.57. The van der Waals surface area contributed by atoms with Gasteiger partial charge in [-0.1, -0.05) is 6.07 Å². The third-order valence-electron chi connectivity index (χ3n) is 2.26. The highest BCUT2D eigenvalue weighted by Crippen LogP contribution is 2.37. The van der Waals surface area contributed by atoms with Crippen molar-refractivity contribution >= 4 is 5.91 Å². The topological polar surface area (TPSA) is 104 Å². The monoisotopic (exact) mass is 265 g/mol. The van der Waals surface area contributed by atoms with Crippen LogP contribution in [0.15, 0.2) is 18.2 Å². The molecule has 8 heteroatoms. The Labute approximate surface area is 99.3 Å². The van der Waals surface area contributed by atoms with Gasteiger partial charge < -0.3 is 21.1 Å². The zero-order valence-corrected chi connectivity index (χ0v) is 8.85. The van der Waals surface area contributed by atoms with E-state index >= 15 is 0 Å². The van der Waals surface area contributed by atoms with Crippen molar-refractivity contribution < 1.29 is 33.3 Å². The van der Waals surface area contributed by atoms with E-state index < -0.39 is 35.6 Å². The maximum absolute atomic E-state index is 12.5. The number of phenolic OH excluding ortho intramolecular Hbond substituents is 1. The van der Waals surface area contributed by atoms with Crippen LogP contribution < -0.4 is 5.73 Å². The SMILES string of the molecule is NC(=O)C(O)C(O)c1ccc(O)c(C(F)(F)F)c1. The predicted octanol–water partition coefficient (Wildman–Crippen LogP) is 0.291. The minimum Gasteiger partial charge on any atom is -0.507 e. The van der Waals surface area contributed by atoms with Crippen LogP contribution in [0.2, 0.25) is 0 Å². The maximum Gasteiger partial charge on any atom is 0.419 e. The highest BCUT2D eigenvalue weighted by molar-refractivity contribution is 5.79. The van der Waals surface area contributed by atoms with Gasteiger partial charge in [0.25, 0.3) is 0 Å². The van der Waals surface area contributed by atoms with Crippen LogP contribution in [0.4, 0.5) is 13.2 Å². The molecule has 5 nitrogen and oxygen atoms in total. The van der Waals surface area contributed by atoms with Crippen LogP contribution in [0.25, 0.3) is 0 Å². The van der Waals surface area contributed by atoms with Crippen LogP contribution >= 0.6 is 0 Å². The minimum absolute atomic E-state index is 0.383. The van der Waals surface area contributed by atoms with Crippen molar-refractivity contribution in [1.82, 2.24) is 0 Å². The van der Waals surface area contributed by atoms with Crippen molar-refractivity contribution in [2.45, 2.75) is 18.4 Å². The Balaban J connectivity index is 3.17. The first-order chi connectivity index (χ1) is 8.14. The van der Waals surface area contributed by atoms with Crippen molar-refractivity contribution in [3.63, 3.8) is 0 Å². The number of carbonyl (C=O) groups excluding carboxylic acids is 1. The Morgan fingerprint density at radius 2 is 1.83 bits per heavy atom. The number of nitrogens with two attached hydrogens (primary N) is 1. The first kappa shape index (κ1) is 14.3. The summed E-state index contributed by atoms with van der Waals surface area (Å²) in [6, 6.07) is 2.09. The third kappa shape index (κ3) is 2.90. The normalized spacial score (nSPS) is 15.2. The van der Waals surface area contributed by atoms with E-state index in [0.717, 1.165) is 6.07 Å². The Kier molecular flexibility index (Phi) is 3.82. The lowest BCUT2D eigenvalue weighted by atomic mass is 10.0. The number of benzene rings is 1. The highest BCUT2D eigenvalue weighted by Gasteiger charge is 2.35. The third-order valence-corrected chi connectivity index (χ3v) is 2.26. The number of aromatic hydroxyl groups is 1. The first-order valence-corrected chi connectivity index (χ1v) is 4.70. The molecule has 0 aliphatic heterocycles. The van der Waals surface area contributed by atoms with Gasteiger partial charge >= 0.3 is 6.18 Å². The second-order valence-electron chi connectivity index (χ2n) is 3.57. The van der Waals surface area contributed by atoms with Gasteiger partial charge in [0.1, 0.15) is 11.9 Å². The second kappa shape index (κ2) is 4.83. The van der Waals surface area contributed by atoms with E-state index in [1.165, 1.54) is 0 Å². The molecule has 0 saturated carbocycles. The predicted molar refractivity (Wildman–Crippen MR) is 53.3 cm³/mol. The molecule has 18 heavy (non-hydrogen) atoms. The number of rotatable bonds is 3. The quantitative estimate of drug-likeness (QED) is 0.630. The summed E-state index contributed by atoms with van der Waals surface area (Å²) >= 11 is 0. The van der Waals surface area contributed by atoms with Crippen LogP contribution in [0.1, 0.15) is 17.2 Å². The number of aliphatic hydroxyl groups excluding tert-OH is 2. The lowest BCUT2D eigenvalue weighted by Crippen LogP contribution is -2.33. The van der Waals surface area contributed by atoms with Crippen LogP contribution in [-0.4, -0.2) is 27.3 Å². The fourth-order valence-electron chi connectivity index (χ4n) is 1.30. The van der Waals surface area contributed by atoms with Crippen LogP contribution in [-0.2, 0) is 11.0 Å². The lowest BCUT2D eigenvalue weighted by Gasteiger charge is -2.17. The van der Waals surface area contributed by atoms with Crippen molar-refractivity contribution in [2.75, 3.05) is 0 Å². The van der Waals surface area contributed by atoms with E-state index in [1.54, 1.807) is 0 Å². The number of phenols is 1.